The molecule has 1 N–H and O–H groups in total. The first-order valence-electron chi connectivity index (χ1n) is 6.81. The number of hydrogen-bond donors (Lipinski definition) is 1. The lowest BCUT2D eigenvalue weighted by Crippen LogP contribution is -2.24. The third-order valence-corrected chi connectivity index (χ3v) is 2.90. The Morgan fingerprint density at radius 3 is 2.68 bits per heavy atom. The quantitative estimate of drug-likeness (QED) is 0.798. The second-order valence-electron chi connectivity index (χ2n) is 4.45. The summed E-state index contributed by atoms with van der Waals surface area (Å²) >= 11 is 0. The minimum absolute atomic E-state index is 0.0377. The summed E-state index contributed by atoms with van der Waals surface area (Å²) < 4.78 is 14.0. The Morgan fingerprint density at radius 1 is 1.32 bits per heavy atom. The molecule has 0 saturated heterocycles. The number of aliphatic hydroxyl groups excluding tert-OH is 1. The molecule has 104 valence electrons. The highest BCUT2D eigenvalue weighted by Crippen LogP contribution is 2.12. The van der Waals surface area contributed by atoms with Gasteiger partial charge >= 0.3 is 0 Å². The number of benzene rings is 1. The van der Waals surface area contributed by atoms with Crippen molar-refractivity contribution in [2.45, 2.75) is 33.2 Å². The molecule has 0 unspecified atom stereocenters. The molecule has 0 aliphatic rings. The first-order chi connectivity index (χ1) is 9.21. The Bertz CT molecular complexity index is 448. The molecule has 0 amide bonds. The Kier molecular flexibility index (Phi) is 7.17. The molecule has 2 nitrogen and oxygen atoms in total. The van der Waals surface area contributed by atoms with Crippen LogP contribution in [0.1, 0.15) is 37.8 Å². The number of hydrogen-bond acceptors (Lipinski definition) is 2. The molecule has 1 rings (SSSR count). The topological polar surface area (TPSA) is 23.5 Å². The summed E-state index contributed by atoms with van der Waals surface area (Å²) in [6.07, 6.45) is 1.49. The highest BCUT2D eigenvalue weighted by Gasteiger charge is 2.07. The highest BCUT2D eigenvalue weighted by molar-refractivity contribution is 5.37. The molecular formula is C16H22FNO. The molecule has 0 radical (unpaired) electrons. The van der Waals surface area contributed by atoms with E-state index in [1.807, 2.05) is 6.07 Å². The van der Waals surface area contributed by atoms with Crippen molar-refractivity contribution in [3.63, 3.8) is 0 Å². The number of rotatable bonds is 6. The van der Waals surface area contributed by atoms with Crippen molar-refractivity contribution in [1.82, 2.24) is 4.90 Å². The molecule has 0 aliphatic carbocycles. The highest BCUT2D eigenvalue weighted by atomic mass is 19.1. The van der Waals surface area contributed by atoms with Gasteiger partial charge in [0.15, 0.2) is 0 Å². The molecule has 19 heavy (non-hydrogen) atoms. The maximum absolute atomic E-state index is 14.0. The van der Waals surface area contributed by atoms with Crippen LogP contribution in [0.15, 0.2) is 18.2 Å². The molecule has 0 fully saturated rings. The van der Waals surface area contributed by atoms with Crippen LogP contribution in [0.5, 0.6) is 0 Å². The summed E-state index contributed by atoms with van der Waals surface area (Å²) in [6.45, 7) is 6.79. The van der Waals surface area contributed by atoms with Crippen LogP contribution in [0.2, 0.25) is 0 Å². The van der Waals surface area contributed by atoms with E-state index in [4.69, 9.17) is 5.11 Å². The fourth-order valence-electron chi connectivity index (χ4n) is 1.88. The van der Waals surface area contributed by atoms with Crippen molar-refractivity contribution < 1.29 is 9.50 Å². The van der Waals surface area contributed by atoms with Crippen molar-refractivity contribution in [1.29, 1.82) is 0 Å². The summed E-state index contributed by atoms with van der Waals surface area (Å²) in [5.41, 5.74) is 1.37. The van der Waals surface area contributed by atoms with Gasteiger partial charge in [-0.25, -0.2) is 4.39 Å². The number of aliphatic hydroxyl groups is 1. The lowest BCUT2D eigenvalue weighted by molar-refractivity contribution is 0.276. The van der Waals surface area contributed by atoms with Crippen LogP contribution in [-0.2, 0) is 6.54 Å². The van der Waals surface area contributed by atoms with Crippen LogP contribution in [0, 0.1) is 17.7 Å². The zero-order valence-electron chi connectivity index (χ0n) is 11.7. The molecule has 0 heterocycles. The van der Waals surface area contributed by atoms with E-state index in [2.05, 4.69) is 30.6 Å². The van der Waals surface area contributed by atoms with Crippen molar-refractivity contribution >= 4 is 0 Å². The second-order valence-corrected chi connectivity index (χ2v) is 4.45. The largest absolute Gasteiger partial charge is 0.395 e. The monoisotopic (exact) mass is 263 g/mol. The third kappa shape index (κ3) is 5.42. The molecule has 0 atom stereocenters. The summed E-state index contributed by atoms with van der Waals surface area (Å²) in [5.74, 6) is 5.43. The Morgan fingerprint density at radius 2 is 2.11 bits per heavy atom. The smallest absolute Gasteiger partial charge is 0.128 e. The average Bonchev–Trinajstić information content (AvgIpc) is 2.41. The summed E-state index contributed by atoms with van der Waals surface area (Å²) in [4.78, 5) is 2.22. The van der Waals surface area contributed by atoms with E-state index in [1.165, 1.54) is 6.07 Å². The average molecular weight is 263 g/mol. The second kappa shape index (κ2) is 8.68. The van der Waals surface area contributed by atoms with Gasteiger partial charge in [-0.05, 0) is 31.6 Å². The lowest BCUT2D eigenvalue weighted by atomic mass is 10.1. The molecule has 0 aromatic heterocycles. The summed E-state index contributed by atoms with van der Waals surface area (Å²) in [5, 5.41) is 8.64. The Hall–Kier alpha value is -1.37. The minimum atomic E-state index is -0.203. The van der Waals surface area contributed by atoms with Crippen LogP contribution in [0.4, 0.5) is 4.39 Å². The molecule has 0 spiro atoms. The van der Waals surface area contributed by atoms with E-state index >= 15 is 0 Å². The van der Waals surface area contributed by atoms with Crippen LogP contribution in [-0.4, -0.2) is 29.7 Å². The van der Waals surface area contributed by atoms with Crippen molar-refractivity contribution in [2.75, 3.05) is 19.7 Å². The van der Waals surface area contributed by atoms with Crippen LogP contribution in [0.3, 0.4) is 0 Å². The molecule has 0 aliphatic heterocycles. The Labute approximate surface area is 115 Å². The predicted octanol–water partition coefficient (Wildman–Crippen LogP) is 2.79. The first-order valence-corrected chi connectivity index (χ1v) is 6.81. The van der Waals surface area contributed by atoms with Gasteiger partial charge in [-0.1, -0.05) is 31.8 Å². The van der Waals surface area contributed by atoms with E-state index in [9.17, 15) is 4.39 Å². The Balaban J connectivity index is 2.74. The zero-order valence-corrected chi connectivity index (χ0v) is 11.7. The van der Waals surface area contributed by atoms with E-state index in [1.54, 1.807) is 6.07 Å². The van der Waals surface area contributed by atoms with Gasteiger partial charge in [0.2, 0.25) is 0 Å². The lowest BCUT2D eigenvalue weighted by Gasteiger charge is -2.19. The molecule has 0 bridgehead atoms. The van der Waals surface area contributed by atoms with Gasteiger partial charge in [0.25, 0.3) is 0 Å². The van der Waals surface area contributed by atoms with Crippen LogP contribution in [0.25, 0.3) is 0 Å². The van der Waals surface area contributed by atoms with Gasteiger partial charge in [0, 0.05) is 24.1 Å². The van der Waals surface area contributed by atoms with Gasteiger partial charge in [-0.15, -0.1) is 0 Å². The normalized spacial score (nSPS) is 10.4. The predicted molar refractivity (Wildman–Crippen MR) is 76.2 cm³/mol. The summed E-state index contributed by atoms with van der Waals surface area (Å²) in [6, 6.07) is 5.11. The van der Waals surface area contributed by atoms with Gasteiger partial charge in [0.1, 0.15) is 5.82 Å². The first kappa shape index (κ1) is 15.7. The van der Waals surface area contributed by atoms with E-state index in [0.29, 0.717) is 24.1 Å². The third-order valence-electron chi connectivity index (χ3n) is 2.90. The van der Waals surface area contributed by atoms with Crippen LogP contribution < -0.4 is 0 Å². The van der Waals surface area contributed by atoms with Crippen molar-refractivity contribution in [2.24, 2.45) is 0 Å². The SMILES string of the molecule is CCCN(CC)Cc1ccc(C#CCCO)cc1F. The molecule has 0 saturated carbocycles. The van der Waals surface area contributed by atoms with Crippen molar-refractivity contribution in [3.8, 4) is 11.8 Å². The molecule has 1 aromatic rings. The van der Waals surface area contributed by atoms with Gasteiger partial charge < -0.3 is 5.11 Å². The summed E-state index contributed by atoms with van der Waals surface area (Å²) in [7, 11) is 0. The van der Waals surface area contributed by atoms with Gasteiger partial charge in [-0.2, -0.15) is 0 Å². The maximum Gasteiger partial charge on any atom is 0.128 e. The van der Waals surface area contributed by atoms with E-state index in [-0.39, 0.29) is 12.4 Å². The minimum Gasteiger partial charge on any atom is -0.395 e. The maximum atomic E-state index is 14.0. The molecular weight excluding hydrogens is 241 g/mol. The van der Waals surface area contributed by atoms with E-state index < -0.39 is 0 Å². The van der Waals surface area contributed by atoms with Gasteiger partial charge in [0.05, 0.1) is 6.61 Å². The molecule has 1 aromatic carbocycles. The number of nitrogens with zero attached hydrogens (tertiary/aromatic N) is 1. The zero-order chi connectivity index (χ0) is 14.1. The van der Waals surface area contributed by atoms with Crippen LogP contribution >= 0.6 is 0 Å². The fraction of sp³-hybridized carbons (Fsp3) is 0.500. The van der Waals surface area contributed by atoms with Gasteiger partial charge in [-0.3, -0.25) is 4.90 Å². The van der Waals surface area contributed by atoms with E-state index in [0.717, 1.165) is 19.5 Å². The number of halogens is 1. The molecule has 3 heteroatoms. The van der Waals surface area contributed by atoms with Crippen molar-refractivity contribution in [3.05, 3.63) is 35.1 Å². The fourth-order valence-corrected chi connectivity index (χ4v) is 1.88. The standard InChI is InChI=1S/C16H22FNO/c1-3-10-18(4-2)13-15-9-8-14(12-16(15)17)7-5-6-11-19/h8-9,12,19H,3-4,6,10-11,13H2,1-2H3.